The molecular weight excluding hydrogens is 286 g/mol. The zero-order chi connectivity index (χ0) is 15.3. The van der Waals surface area contributed by atoms with Crippen LogP contribution in [0.25, 0.3) is 0 Å². The minimum atomic E-state index is -3.55. The highest BCUT2D eigenvalue weighted by molar-refractivity contribution is 7.89. The van der Waals surface area contributed by atoms with Gasteiger partial charge in [-0.15, -0.1) is 0 Å². The average Bonchev–Trinajstić information content (AvgIpc) is 2.48. The zero-order valence-corrected chi connectivity index (χ0v) is 13.0. The van der Waals surface area contributed by atoms with Crippen LogP contribution in [0.5, 0.6) is 0 Å². The number of pyridine rings is 1. The quantitative estimate of drug-likeness (QED) is 0.823. The number of nitrogens with zero attached hydrogens (tertiary/aromatic N) is 1. The summed E-state index contributed by atoms with van der Waals surface area (Å²) in [5.41, 5.74) is 5.87. The van der Waals surface area contributed by atoms with Gasteiger partial charge >= 0.3 is 0 Å². The normalized spacial score (nSPS) is 22.4. The highest BCUT2D eigenvalue weighted by atomic mass is 32.2. The molecule has 1 heterocycles. The van der Waals surface area contributed by atoms with Crippen LogP contribution in [0.15, 0.2) is 23.4 Å². The maximum Gasteiger partial charge on any atom is 0.242 e. The zero-order valence-electron chi connectivity index (χ0n) is 12.2. The molecule has 0 bridgehead atoms. The van der Waals surface area contributed by atoms with E-state index in [-0.39, 0.29) is 17.5 Å². The summed E-state index contributed by atoms with van der Waals surface area (Å²) >= 11 is 0. The number of sulfonamides is 1. The topological polar surface area (TPSA) is 85.1 Å². The van der Waals surface area contributed by atoms with Crippen molar-refractivity contribution in [3.8, 4) is 11.8 Å². The van der Waals surface area contributed by atoms with Gasteiger partial charge < -0.3 is 5.73 Å². The summed E-state index contributed by atoms with van der Waals surface area (Å²) in [6.07, 6.45) is 7.07. The van der Waals surface area contributed by atoms with E-state index in [4.69, 9.17) is 5.73 Å². The van der Waals surface area contributed by atoms with Gasteiger partial charge in [0.1, 0.15) is 4.90 Å². The third kappa shape index (κ3) is 4.27. The van der Waals surface area contributed by atoms with Crippen molar-refractivity contribution in [2.24, 2.45) is 11.7 Å². The maximum atomic E-state index is 12.4. The van der Waals surface area contributed by atoms with E-state index < -0.39 is 10.0 Å². The van der Waals surface area contributed by atoms with E-state index in [1.165, 1.54) is 24.9 Å². The third-order valence-corrected chi connectivity index (χ3v) is 5.23. The van der Waals surface area contributed by atoms with Gasteiger partial charge in [-0.3, -0.25) is 4.98 Å². The molecule has 1 saturated carbocycles. The molecule has 6 heteroatoms. The number of rotatable bonds is 3. The first kappa shape index (κ1) is 16.0. The molecule has 0 spiro atoms. The van der Waals surface area contributed by atoms with Crippen molar-refractivity contribution in [1.82, 2.24) is 9.71 Å². The number of hydrogen-bond donors (Lipinski definition) is 2. The summed E-state index contributed by atoms with van der Waals surface area (Å²) in [4.78, 5) is 4.11. The molecule has 2 unspecified atom stereocenters. The largest absolute Gasteiger partial charge is 0.320 e. The van der Waals surface area contributed by atoms with Crippen LogP contribution < -0.4 is 10.5 Å². The summed E-state index contributed by atoms with van der Waals surface area (Å²) in [5.74, 6) is 5.86. The number of nitrogens with two attached hydrogens (primary N) is 1. The van der Waals surface area contributed by atoms with E-state index in [0.717, 1.165) is 19.3 Å². The van der Waals surface area contributed by atoms with Crippen LogP contribution in [0.1, 0.15) is 38.2 Å². The highest BCUT2D eigenvalue weighted by Gasteiger charge is 2.26. The average molecular weight is 307 g/mol. The van der Waals surface area contributed by atoms with E-state index in [1.807, 2.05) is 0 Å². The molecule has 2 atom stereocenters. The van der Waals surface area contributed by atoms with Crippen LogP contribution in [-0.2, 0) is 10.0 Å². The van der Waals surface area contributed by atoms with E-state index >= 15 is 0 Å². The number of nitrogens with one attached hydrogen (secondary N) is 1. The van der Waals surface area contributed by atoms with Crippen LogP contribution in [0.3, 0.4) is 0 Å². The van der Waals surface area contributed by atoms with Crippen molar-refractivity contribution in [1.29, 1.82) is 0 Å². The molecule has 0 saturated heterocycles. The van der Waals surface area contributed by atoms with Gasteiger partial charge in [0.2, 0.25) is 10.0 Å². The van der Waals surface area contributed by atoms with Gasteiger partial charge in [-0.1, -0.05) is 31.6 Å². The van der Waals surface area contributed by atoms with Crippen LogP contribution in [0.2, 0.25) is 0 Å². The van der Waals surface area contributed by atoms with Crippen LogP contribution in [-0.4, -0.2) is 26.0 Å². The summed E-state index contributed by atoms with van der Waals surface area (Å²) in [6, 6.07) is 1.54. The Morgan fingerprint density at radius 3 is 2.86 bits per heavy atom. The van der Waals surface area contributed by atoms with Gasteiger partial charge in [0, 0.05) is 24.0 Å². The second kappa shape index (κ2) is 7.03. The Balaban J connectivity index is 2.19. The predicted octanol–water partition coefficient (Wildman–Crippen LogP) is 1.25. The Labute approximate surface area is 126 Å². The smallest absolute Gasteiger partial charge is 0.242 e. The molecular formula is C15H21N3O2S. The van der Waals surface area contributed by atoms with Crippen LogP contribution in [0.4, 0.5) is 0 Å². The highest BCUT2D eigenvalue weighted by Crippen LogP contribution is 2.25. The molecule has 1 aliphatic rings. The molecule has 21 heavy (non-hydrogen) atoms. The third-order valence-electron chi connectivity index (χ3n) is 3.78. The lowest BCUT2D eigenvalue weighted by atomic mass is 9.87. The lowest BCUT2D eigenvalue weighted by Gasteiger charge is -2.29. The Bertz CT molecular complexity index is 646. The van der Waals surface area contributed by atoms with Gasteiger partial charge in [0.15, 0.2) is 0 Å². The molecule has 114 valence electrons. The summed E-state index contributed by atoms with van der Waals surface area (Å²) < 4.78 is 27.7. The molecule has 5 nitrogen and oxygen atoms in total. The fraction of sp³-hybridized carbons (Fsp3) is 0.533. The van der Waals surface area contributed by atoms with E-state index in [1.54, 1.807) is 0 Å². The van der Waals surface area contributed by atoms with Gasteiger partial charge in [0.25, 0.3) is 0 Å². The summed E-state index contributed by atoms with van der Waals surface area (Å²) in [5, 5.41) is 0. The summed E-state index contributed by atoms with van der Waals surface area (Å²) in [7, 11) is -3.55. The van der Waals surface area contributed by atoms with Crippen molar-refractivity contribution in [2.45, 2.75) is 43.5 Å². The number of hydrogen-bond acceptors (Lipinski definition) is 4. The van der Waals surface area contributed by atoms with Crippen molar-refractivity contribution in [3.63, 3.8) is 0 Å². The predicted molar refractivity (Wildman–Crippen MR) is 81.9 cm³/mol. The second-order valence-corrected chi connectivity index (χ2v) is 7.12. The van der Waals surface area contributed by atoms with Crippen molar-refractivity contribution in [2.75, 3.05) is 6.54 Å². The number of aromatic nitrogens is 1. The molecule has 0 aliphatic heterocycles. The lowest BCUT2D eigenvalue weighted by molar-refractivity contribution is 0.310. The van der Waals surface area contributed by atoms with E-state index in [9.17, 15) is 8.42 Å². The Kier molecular flexibility index (Phi) is 5.34. The van der Waals surface area contributed by atoms with Crippen molar-refractivity contribution in [3.05, 3.63) is 24.0 Å². The van der Waals surface area contributed by atoms with Gasteiger partial charge in [-0.25, -0.2) is 13.1 Å². The van der Waals surface area contributed by atoms with E-state index in [2.05, 4.69) is 28.5 Å². The van der Waals surface area contributed by atoms with Crippen LogP contribution >= 0.6 is 0 Å². The second-order valence-electron chi connectivity index (χ2n) is 5.40. The minimum Gasteiger partial charge on any atom is -0.320 e. The molecule has 0 aromatic carbocycles. The van der Waals surface area contributed by atoms with Crippen molar-refractivity contribution < 1.29 is 8.42 Å². The Morgan fingerprint density at radius 1 is 1.38 bits per heavy atom. The minimum absolute atomic E-state index is 0.00234. The Hall–Kier alpha value is -1.42. The standard InChI is InChI=1S/C15H21N3O2S/c1-12-5-2-3-7-15(12)18-21(19,20)14-9-13(6-4-8-16)10-17-11-14/h9-12,15,18H,2-3,5,7-8,16H2,1H3. The Morgan fingerprint density at radius 2 is 2.14 bits per heavy atom. The molecule has 1 fully saturated rings. The molecule has 2 rings (SSSR count). The first-order valence-corrected chi connectivity index (χ1v) is 8.67. The molecule has 3 N–H and O–H groups in total. The first-order valence-electron chi connectivity index (χ1n) is 7.19. The first-order chi connectivity index (χ1) is 10.0. The SMILES string of the molecule is CC1CCCCC1NS(=O)(=O)c1cncc(C#CCN)c1. The van der Waals surface area contributed by atoms with Gasteiger partial charge in [0.05, 0.1) is 6.54 Å². The fourth-order valence-electron chi connectivity index (χ4n) is 2.55. The van der Waals surface area contributed by atoms with E-state index in [0.29, 0.717) is 11.5 Å². The maximum absolute atomic E-state index is 12.4. The molecule has 1 aromatic rings. The molecule has 1 aromatic heterocycles. The molecule has 1 aliphatic carbocycles. The van der Waals surface area contributed by atoms with Crippen molar-refractivity contribution >= 4 is 10.0 Å². The van der Waals surface area contributed by atoms with Crippen LogP contribution in [0, 0.1) is 17.8 Å². The van der Waals surface area contributed by atoms with Gasteiger partial charge in [-0.2, -0.15) is 0 Å². The summed E-state index contributed by atoms with van der Waals surface area (Å²) in [6.45, 7) is 2.32. The molecule has 0 amide bonds. The lowest BCUT2D eigenvalue weighted by Crippen LogP contribution is -2.41. The monoisotopic (exact) mass is 307 g/mol. The molecule has 0 radical (unpaired) electrons. The van der Waals surface area contributed by atoms with Gasteiger partial charge in [-0.05, 0) is 24.8 Å². The fourth-order valence-corrected chi connectivity index (χ4v) is 3.91.